The lowest BCUT2D eigenvalue weighted by atomic mass is 9.59. The summed E-state index contributed by atoms with van der Waals surface area (Å²) in [6, 6.07) is 7.01. The maximum atomic E-state index is 12.4. The summed E-state index contributed by atoms with van der Waals surface area (Å²) in [4.78, 5) is 24.8. The third-order valence-corrected chi connectivity index (χ3v) is 7.12. The van der Waals surface area contributed by atoms with Crippen molar-refractivity contribution in [3.05, 3.63) is 47.4 Å². The van der Waals surface area contributed by atoms with Gasteiger partial charge in [0.25, 0.3) is 0 Å². The number of aromatic nitrogens is 2. The summed E-state index contributed by atoms with van der Waals surface area (Å²) in [6.07, 6.45) is 8.30. The summed E-state index contributed by atoms with van der Waals surface area (Å²) in [5, 5.41) is 2.86. The molecule has 0 aliphatic heterocycles. The molecule has 3 fully saturated rings. The standard InChI is InChI=1S/C25H26N4O3/c1-16-12-18(26-3)13-20-22(16)32-23(29-20)19-5-4-17(14-27-19)28-21(30)15-31-25-9-6-24(2,7-10-25)8-11-25/h4-5,12-14H,6-11,15H2,1-2H3,(H,28,30). The van der Waals surface area contributed by atoms with E-state index in [-0.39, 0.29) is 18.1 Å². The lowest BCUT2D eigenvalue weighted by molar-refractivity contribution is -0.148. The van der Waals surface area contributed by atoms with Crippen molar-refractivity contribution >= 4 is 28.4 Å². The minimum atomic E-state index is -0.169. The number of fused-ring (bicyclic) bond motifs is 4. The summed E-state index contributed by atoms with van der Waals surface area (Å²) in [5.74, 6) is 0.212. The van der Waals surface area contributed by atoms with E-state index in [1.54, 1.807) is 30.5 Å². The van der Waals surface area contributed by atoms with Gasteiger partial charge in [0.1, 0.15) is 12.3 Å². The number of oxazole rings is 1. The fraction of sp³-hybridized carbons (Fsp3) is 0.440. The van der Waals surface area contributed by atoms with Gasteiger partial charge in [0.05, 0.1) is 29.6 Å². The molecule has 2 bridgehead atoms. The van der Waals surface area contributed by atoms with Gasteiger partial charge in [-0.15, -0.1) is 0 Å². The van der Waals surface area contributed by atoms with Crippen LogP contribution in [0.2, 0.25) is 0 Å². The van der Waals surface area contributed by atoms with Crippen LogP contribution in [0.15, 0.2) is 34.9 Å². The van der Waals surface area contributed by atoms with Gasteiger partial charge >= 0.3 is 0 Å². The van der Waals surface area contributed by atoms with Crippen LogP contribution in [0.5, 0.6) is 0 Å². The van der Waals surface area contributed by atoms with Crippen LogP contribution in [0.25, 0.3) is 27.5 Å². The molecule has 0 atom stereocenters. The van der Waals surface area contributed by atoms with Gasteiger partial charge in [-0.2, -0.15) is 0 Å². The van der Waals surface area contributed by atoms with Gasteiger partial charge in [-0.3, -0.25) is 4.79 Å². The van der Waals surface area contributed by atoms with Gasteiger partial charge in [-0.1, -0.05) is 6.92 Å². The number of hydrogen-bond acceptors (Lipinski definition) is 5. The lowest BCUT2D eigenvalue weighted by Crippen LogP contribution is -2.47. The molecule has 0 saturated heterocycles. The molecular formula is C25H26N4O3. The Kier molecular flexibility index (Phi) is 4.98. The number of carbonyl (C=O) groups is 1. The highest BCUT2D eigenvalue weighted by Crippen LogP contribution is 2.53. The predicted octanol–water partition coefficient (Wildman–Crippen LogP) is 5.82. The molecule has 1 N–H and O–H groups in total. The molecule has 0 radical (unpaired) electrons. The molecular weight excluding hydrogens is 404 g/mol. The Morgan fingerprint density at radius 1 is 1.22 bits per heavy atom. The normalized spacial score (nSPS) is 24.4. The van der Waals surface area contributed by atoms with Gasteiger partial charge in [0.15, 0.2) is 11.3 Å². The van der Waals surface area contributed by atoms with Crippen LogP contribution in [0, 0.1) is 18.9 Å². The Morgan fingerprint density at radius 3 is 2.62 bits per heavy atom. The second-order valence-electron chi connectivity index (χ2n) is 9.50. The molecule has 2 heterocycles. The van der Waals surface area contributed by atoms with Crippen molar-refractivity contribution < 1.29 is 13.9 Å². The van der Waals surface area contributed by atoms with E-state index in [9.17, 15) is 4.79 Å². The average Bonchev–Trinajstić information content (AvgIpc) is 3.24. The van der Waals surface area contributed by atoms with Crippen molar-refractivity contribution in [2.24, 2.45) is 5.41 Å². The third kappa shape index (κ3) is 3.87. The maximum Gasteiger partial charge on any atom is 0.250 e. The van der Waals surface area contributed by atoms with Crippen molar-refractivity contribution in [2.75, 3.05) is 11.9 Å². The number of nitrogens with one attached hydrogen (secondary N) is 1. The number of aryl methyl sites for hydroxylation is 1. The monoisotopic (exact) mass is 430 g/mol. The van der Waals surface area contributed by atoms with E-state index in [0.717, 1.165) is 24.8 Å². The zero-order chi connectivity index (χ0) is 22.3. The molecule has 0 spiro atoms. The fourth-order valence-electron chi connectivity index (χ4n) is 4.92. The second-order valence-corrected chi connectivity index (χ2v) is 9.50. The summed E-state index contributed by atoms with van der Waals surface area (Å²) in [5.41, 5.74) is 4.19. The summed E-state index contributed by atoms with van der Waals surface area (Å²) in [6.45, 7) is 11.5. The highest BCUT2D eigenvalue weighted by molar-refractivity contribution is 5.91. The van der Waals surface area contributed by atoms with Gasteiger partial charge < -0.3 is 14.5 Å². The number of anilines is 1. The first kappa shape index (κ1) is 20.7. The molecule has 32 heavy (non-hydrogen) atoms. The first-order valence-electron chi connectivity index (χ1n) is 11.1. The first-order chi connectivity index (χ1) is 15.4. The molecule has 3 aliphatic rings. The quantitative estimate of drug-likeness (QED) is 0.516. The molecule has 3 aliphatic carbocycles. The highest BCUT2D eigenvalue weighted by atomic mass is 16.5. The van der Waals surface area contributed by atoms with Crippen molar-refractivity contribution in [3.8, 4) is 11.6 Å². The summed E-state index contributed by atoms with van der Waals surface area (Å²) >= 11 is 0. The zero-order valence-electron chi connectivity index (χ0n) is 18.4. The van der Waals surface area contributed by atoms with Crippen LogP contribution in [0.4, 0.5) is 11.4 Å². The lowest BCUT2D eigenvalue weighted by Gasteiger charge is -2.51. The number of benzene rings is 1. The molecule has 3 aromatic rings. The summed E-state index contributed by atoms with van der Waals surface area (Å²) in [7, 11) is 0. The molecule has 1 aromatic carbocycles. The number of hydrogen-bond donors (Lipinski definition) is 1. The van der Waals surface area contributed by atoms with Crippen molar-refractivity contribution in [3.63, 3.8) is 0 Å². The zero-order valence-corrected chi connectivity index (χ0v) is 18.4. The van der Waals surface area contributed by atoms with E-state index in [2.05, 4.69) is 27.1 Å². The number of pyridine rings is 1. The average molecular weight is 431 g/mol. The van der Waals surface area contributed by atoms with E-state index >= 15 is 0 Å². The number of ether oxygens (including phenoxy) is 1. The van der Waals surface area contributed by atoms with Gasteiger partial charge in [-0.25, -0.2) is 14.8 Å². The molecule has 7 heteroatoms. The second kappa shape index (κ2) is 7.72. The number of amides is 1. The van der Waals surface area contributed by atoms with Crippen molar-refractivity contribution in [2.45, 2.75) is 58.0 Å². The molecule has 6 rings (SSSR count). The Morgan fingerprint density at radius 2 is 1.97 bits per heavy atom. The van der Waals surface area contributed by atoms with Crippen LogP contribution in [0.1, 0.15) is 51.0 Å². The van der Waals surface area contributed by atoms with Crippen LogP contribution in [-0.2, 0) is 9.53 Å². The summed E-state index contributed by atoms with van der Waals surface area (Å²) < 4.78 is 12.0. The number of rotatable bonds is 5. The smallest absolute Gasteiger partial charge is 0.250 e. The van der Waals surface area contributed by atoms with Crippen molar-refractivity contribution in [1.82, 2.24) is 9.97 Å². The molecule has 0 unspecified atom stereocenters. The first-order valence-corrected chi connectivity index (χ1v) is 11.1. The number of nitrogens with zero attached hydrogens (tertiary/aromatic N) is 3. The topological polar surface area (TPSA) is 81.6 Å². The minimum Gasteiger partial charge on any atom is -0.435 e. The van der Waals surface area contributed by atoms with Crippen LogP contribution in [-0.4, -0.2) is 28.1 Å². The van der Waals surface area contributed by atoms with Crippen LogP contribution in [0.3, 0.4) is 0 Å². The molecule has 2 aromatic heterocycles. The van der Waals surface area contributed by atoms with E-state index in [4.69, 9.17) is 15.7 Å². The number of carbonyl (C=O) groups excluding carboxylic acids is 1. The molecule has 1 amide bonds. The van der Waals surface area contributed by atoms with Crippen molar-refractivity contribution in [1.29, 1.82) is 0 Å². The van der Waals surface area contributed by atoms with E-state index in [1.165, 1.54) is 19.3 Å². The predicted molar refractivity (Wildman–Crippen MR) is 121 cm³/mol. The van der Waals surface area contributed by atoms with E-state index < -0.39 is 0 Å². The fourth-order valence-corrected chi connectivity index (χ4v) is 4.92. The van der Waals surface area contributed by atoms with Gasteiger partial charge in [0.2, 0.25) is 11.8 Å². The third-order valence-electron chi connectivity index (χ3n) is 7.12. The Labute approximate surface area is 187 Å². The van der Waals surface area contributed by atoms with Crippen LogP contribution >= 0.6 is 0 Å². The Hall–Kier alpha value is -3.24. The molecule has 164 valence electrons. The Bertz CT molecular complexity index is 1200. The minimum absolute atomic E-state index is 0.0618. The van der Waals surface area contributed by atoms with Gasteiger partial charge in [0, 0.05) is 0 Å². The maximum absolute atomic E-state index is 12.4. The Balaban J connectivity index is 1.22. The van der Waals surface area contributed by atoms with E-state index in [0.29, 0.717) is 39.5 Å². The van der Waals surface area contributed by atoms with Crippen LogP contribution < -0.4 is 5.32 Å². The van der Waals surface area contributed by atoms with E-state index in [1.807, 2.05) is 6.92 Å². The van der Waals surface area contributed by atoms with Gasteiger partial charge in [-0.05, 0) is 80.7 Å². The molecule has 7 nitrogen and oxygen atoms in total. The largest absolute Gasteiger partial charge is 0.435 e. The molecule has 3 saturated carbocycles. The SMILES string of the molecule is [C-]#[N+]c1cc(C)c2oc(-c3ccc(NC(=O)COC45CCC(C)(CC4)CC5)cn3)nc2c1. The highest BCUT2D eigenvalue weighted by Gasteiger charge is 2.47.